The molecule has 3 heterocycles. The number of sulfonamides is 1. The lowest BCUT2D eigenvalue weighted by Gasteiger charge is -2.32. The molecule has 1 aromatic heterocycles. The average Bonchev–Trinajstić information content (AvgIpc) is 2.79. The van der Waals surface area contributed by atoms with E-state index in [1.165, 1.54) is 0 Å². The van der Waals surface area contributed by atoms with Gasteiger partial charge in [-0.05, 0) is 69.9 Å². The van der Waals surface area contributed by atoms with Crippen molar-refractivity contribution in [2.45, 2.75) is 56.9 Å². The Hall–Kier alpha value is -2.19. The second-order valence-corrected chi connectivity index (χ2v) is 10.4. The van der Waals surface area contributed by atoms with Crippen LogP contribution in [0.5, 0.6) is 0 Å². The summed E-state index contributed by atoms with van der Waals surface area (Å²) in [6.45, 7) is 6.31. The molecule has 1 aromatic carbocycles. The molecule has 0 amide bonds. The van der Waals surface area contributed by atoms with Gasteiger partial charge in [-0.2, -0.15) is 4.31 Å². The molecule has 0 bridgehead atoms. The molecular weight excluding hydrogens is 414 g/mol. The van der Waals surface area contributed by atoms with Gasteiger partial charge in [0.2, 0.25) is 10.0 Å². The van der Waals surface area contributed by atoms with Crippen molar-refractivity contribution in [1.29, 1.82) is 0 Å². The smallest absolute Gasteiger partial charge is 0.309 e. The molecule has 2 aliphatic rings. The maximum atomic E-state index is 13.1. The van der Waals surface area contributed by atoms with E-state index in [0.717, 1.165) is 61.9 Å². The number of anilines is 1. The molecule has 2 fully saturated rings. The Kier molecular flexibility index (Phi) is 6.48. The molecule has 0 aliphatic carbocycles. The van der Waals surface area contributed by atoms with Crippen molar-refractivity contribution >= 4 is 32.7 Å². The van der Waals surface area contributed by atoms with Gasteiger partial charge in [-0.3, -0.25) is 4.79 Å². The highest BCUT2D eigenvalue weighted by Crippen LogP contribution is 2.29. The molecule has 2 aromatic rings. The molecule has 0 N–H and O–H groups in total. The van der Waals surface area contributed by atoms with E-state index in [9.17, 15) is 13.2 Å². The fourth-order valence-corrected chi connectivity index (χ4v) is 6.33. The molecule has 4 rings (SSSR count). The lowest BCUT2D eigenvalue weighted by atomic mass is 9.97. The van der Waals surface area contributed by atoms with Crippen LogP contribution in [0.15, 0.2) is 35.2 Å². The van der Waals surface area contributed by atoms with Crippen LogP contribution < -0.4 is 4.90 Å². The van der Waals surface area contributed by atoms with Gasteiger partial charge in [0.1, 0.15) is 5.82 Å². The van der Waals surface area contributed by atoms with E-state index in [-0.39, 0.29) is 17.9 Å². The normalized spacial score (nSPS) is 21.4. The van der Waals surface area contributed by atoms with E-state index in [2.05, 4.69) is 4.90 Å². The van der Waals surface area contributed by atoms with Gasteiger partial charge < -0.3 is 9.64 Å². The molecule has 0 unspecified atom stereocenters. The maximum absolute atomic E-state index is 13.1. The van der Waals surface area contributed by atoms with Gasteiger partial charge in [0.25, 0.3) is 0 Å². The lowest BCUT2D eigenvalue weighted by Crippen LogP contribution is -2.41. The Morgan fingerprint density at radius 1 is 1.10 bits per heavy atom. The third-order valence-electron chi connectivity index (χ3n) is 6.43. The first-order chi connectivity index (χ1) is 14.9. The highest BCUT2D eigenvalue weighted by Gasteiger charge is 2.31. The summed E-state index contributed by atoms with van der Waals surface area (Å²) in [5.74, 6) is 0.710. The van der Waals surface area contributed by atoms with Crippen LogP contribution in [0.1, 0.15) is 46.0 Å². The zero-order valence-electron chi connectivity index (χ0n) is 18.3. The molecule has 7 nitrogen and oxygen atoms in total. The van der Waals surface area contributed by atoms with E-state index in [1.807, 2.05) is 26.0 Å². The number of carbonyl (C=O) groups excluding carboxylic acids is 1. The van der Waals surface area contributed by atoms with Gasteiger partial charge in [0.05, 0.1) is 22.9 Å². The van der Waals surface area contributed by atoms with E-state index in [0.29, 0.717) is 18.0 Å². The first-order valence-corrected chi connectivity index (χ1v) is 12.7. The Bertz CT molecular complexity index is 1050. The summed E-state index contributed by atoms with van der Waals surface area (Å²) in [6.07, 6.45) is 4.40. The van der Waals surface area contributed by atoms with E-state index in [4.69, 9.17) is 9.72 Å². The van der Waals surface area contributed by atoms with Crippen molar-refractivity contribution in [2.75, 3.05) is 31.1 Å². The van der Waals surface area contributed by atoms with Crippen molar-refractivity contribution < 1.29 is 17.9 Å². The molecule has 2 aliphatic heterocycles. The number of nitrogens with zero attached hydrogens (tertiary/aromatic N) is 3. The van der Waals surface area contributed by atoms with Crippen molar-refractivity contribution in [3.05, 3.63) is 30.3 Å². The van der Waals surface area contributed by atoms with Crippen LogP contribution in [-0.4, -0.2) is 56.0 Å². The second kappa shape index (κ2) is 9.12. The molecule has 2 saturated heterocycles. The van der Waals surface area contributed by atoms with Crippen LogP contribution in [0.25, 0.3) is 10.9 Å². The molecule has 0 radical (unpaired) electrons. The summed E-state index contributed by atoms with van der Waals surface area (Å²) in [5, 5.41) is 0.816. The van der Waals surface area contributed by atoms with Gasteiger partial charge in [0, 0.05) is 31.1 Å². The first-order valence-electron chi connectivity index (χ1n) is 11.2. The number of esters is 1. The minimum Gasteiger partial charge on any atom is -0.466 e. The Balaban J connectivity index is 1.51. The number of ether oxygens (including phenoxy) is 1. The number of carbonyl (C=O) groups is 1. The number of piperidine rings is 2. The first kappa shape index (κ1) is 22.0. The van der Waals surface area contributed by atoms with Gasteiger partial charge in [-0.25, -0.2) is 13.4 Å². The van der Waals surface area contributed by atoms with Gasteiger partial charge >= 0.3 is 5.97 Å². The summed E-state index contributed by atoms with van der Waals surface area (Å²) in [7, 11) is -3.50. The molecule has 0 spiro atoms. The van der Waals surface area contributed by atoms with Crippen molar-refractivity contribution in [1.82, 2.24) is 9.29 Å². The summed E-state index contributed by atoms with van der Waals surface area (Å²) in [6, 6.07) is 9.11. The Morgan fingerprint density at radius 2 is 1.87 bits per heavy atom. The SMILES string of the molecule is CCOC(=O)C1CCN(c2ccc3cc(S(=O)(=O)N4CCCC[C@@H]4C)ccc3n2)CC1. The third-order valence-corrected chi connectivity index (χ3v) is 8.44. The monoisotopic (exact) mass is 445 g/mol. The summed E-state index contributed by atoms with van der Waals surface area (Å²) >= 11 is 0. The van der Waals surface area contributed by atoms with E-state index < -0.39 is 10.0 Å². The number of hydrogen-bond acceptors (Lipinski definition) is 6. The third kappa shape index (κ3) is 4.55. The number of aromatic nitrogens is 1. The Labute approximate surface area is 184 Å². The molecule has 168 valence electrons. The van der Waals surface area contributed by atoms with Crippen molar-refractivity contribution in [2.24, 2.45) is 5.92 Å². The maximum Gasteiger partial charge on any atom is 0.309 e. The highest BCUT2D eigenvalue weighted by atomic mass is 32.2. The largest absolute Gasteiger partial charge is 0.466 e. The van der Waals surface area contributed by atoms with E-state index >= 15 is 0 Å². The van der Waals surface area contributed by atoms with Crippen LogP contribution in [0.2, 0.25) is 0 Å². The predicted molar refractivity (Wildman–Crippen MR) is 121 cm³/mol. The molecule has 1 atom stereocenters. The average molecular weight is 446 g/mol. The van der Waals surface area contributed by atoms with Gasteiger partial charge in [-0.1, -0.05) is 6.42 Å². The standard InChI is InChI=1S/C23H31N3O4S/c1-3-30-23(27)18-11-14-25(15-12-18)22-10-7-19-16-20(8-9-21(19)24-22)31(28,29)26-13-5-4-6-17(26)2/h7-10,16-18H,3-6,11-15H2,1-2H3/t17-/m0/s1. The van der Waals surface area contributed by atoms with Gasteiger partial charge in [-0.15, -0.1) is 0 Å². The minimum atomic E-state index is -3.50. The van der Waals surface area contributed by atoms with Crippen LogP contribution in [-0.2, 0) is 19.6 Å². The zero-order chi connectivity index (χ0) is 22.0. The van der Waals surface area contributed by atoms with Crippen molar-refractivity contribution in [3.63, 3.8) is 0 Å². The Morgan fingerprint density at radius 3 is 2.58 bits per heavy atom. The number of rotatable bonds is 5. The lowest BCUT2D eigenvalue weighted by molar-refractivity contribution is -0.148. The molecule has 0 saturated carbocycles. The number of hydrogen-bond donors (Lipinski definition) is 0. The summed E-state index contributed by atoms with van der Waals surface area (Å²) in [5.41, 5.74) is 0.774. The highest BCUT2D eigenvalue weighted by molar-refractivity contribution is 7.89. The fourth-order valence-electron chi connectivity index (χ4n) is 4.60. The van der Waals surface area contributed by atoms with Crippen LogP contribution in [0, 0.1) is 5.92 Å². The fraction of sp³-hybridized carbons (Fsp3) is 0.565. The number of pyridine rings is 1. The molecule has 31 heavy (non-hydrogen) atoms. The predicted octanol–water partition coefficient (Wildman–Crippen LogP) is 3.58. The summed E-state index contributed by atoms with van der Waals surface area (Å²) < 4.78 is 33.1. The minimum absolute atomic E-state index is 0.0347. The number of fused-ring (bicyclic) bond motifs is 1. The van der Waals surface area contributed by atoms with Crippen LogP contribution in [0.3, 0.4) is 0 Å². The molecule has 8 heteroatoms. The van der Waals surface area contributed by atoms with Crippen LogP contribution in [0.4, 0.5) is 5.82 Å². The summed E-state index contributed by atoms with van der Waals surface area (Å²) in [4.78, 5) is 19.2. The quantitative estimate of drug-likeness (QED) is 0.655. The second-order valence-electron chi connectivity index (χ2n) is 8.50. The van der Waals surface area contributed by atoms with Gasteiger partial charge in [0.15, 0.2) is 0 Å². The van der Waals surface area contributed by atoms with Crippen LogP contribution >= 0.6 is 0 Å². The van der Waals surface area contributed by atoms with Crippen molar-refractivity contribution in [3.8, 4) is 0 Å². The topological polar surface area (TPSA) is 79.8 Å². The molecular formula is C23H31N3O4S. The van der Waals surface area contributed by atoms with E-state index in [1.54, 1.807) is 22.5 Å². The number of benzene rings is 1. The zero-order valence-corrected chi connectivity index (χ0v) is 19.1.